The molecule has 106 valence electrons. The number of benzene rings is 1. The Morgan fingerprint density at radius 3 is 2.90 bits per heavy atom. The van der Waals surface area contributed by atoms with Crippen molar-refractivity contribution in [2.45, 2.75) is 25.3 Å². The van der Waals surface area contributed by atoms with E-state index < -0.39 is 0 Å². The summed E-state index contributed by atoms with van der Waals surface area (Å²) in [5.74, 6) is 2.06. The fourth-order valence-corrected chi connectivity index (χ4v) is 2.15. The highest BCUT2D eigenvalue weighted by Gasteiger charge is 2.28. The lowest BCUT2D eigenvalue weighted by Crippen LogP contribution is -2.07. The van der Waals surface area contributed by atoms with E-state index in [1.807, 2.05) is 34.9 Å². The Balaban J connectivity index is 1.48. The molecule has 0 amide bonds. The van der Waals surface area contributed by atoms with Crippen LogP contribution in [0.15, 0.2) is 41.2 Å². The molecule has 21 heavy (non-hydrogen) atoms. The summed E-state index contributed by atoms with van der Waals surface area (Å²) < 4.78 is 7.10. The molecule has 4 rings (SSSR count). The number of rotatable bonds is 5. The first-order valence-corrected chi connectivity index (χ1v) is 6.92. The van der Waals surface area contributed by atoms with E-state index in [1.165, 1.54) is 0 Å². The first-order chi connectivity index (χ1) is 10.4. The molecular formula is C14H14N6O. The van der Waals surface area contributed by atoms with E-state index in [1.54, 1.807) is 6.33 Å². The quantitative estimate of drug-likeness (QED) is 0.772. The molecule has 7 heteroatoms. The van der Waals surface area contributed by atoms with Crippen molar-refractivity contribution in [3.63, 3.8) is 0 Å². The molecule has 0 saturated heterocycles. The van der Waals surface area contributed by atoms with Crippen LogP contribution in [0.5, 0.6) is 0 Å². The van der Waals surface area contributed by atoms with Gasteiger partial charge in [0.15, 0.2) is 11.6 Å². The van der Waals surface area contributed by atoms with Gasteiger partial charge in [0.05, 0.1) is 6.54 Å². The molecule has 7 nitrogen and oxygen atoms in total. The molecule has 0 unspecified atom stereocenters. The third-order valence-electron chi connectivity index (χ3n) is 3.43. The molecule has 0 radical (unpaired) electrons. The minimum Gasteiger partial charge on any atom is -0.330 e. The molecule has 1 N–H and O–H groups in total. The van der Waals surface area contributed by atoms with E-state index >= 15 is 0 Å². The molecule has 3 aromatic rings. The zero-order valence-electron chi connectivity index (χ0n) is 11.3. The molecule has 1 aromatic carbocycles. The van der Waals surface area contributed by atoms with Crippen molar-refractivity contribution in [3.8, 4) is 5.69 Å². The summed E-state index contributed by atoms with van der Waals surface area (Å²) >= 11 is 0. The monoisotopic (exact) mass is 282 g/mol. The van der Waals surface area contributed by atoms with E-state index in [-0.39, 0.29) is 0 Å². The summed E-state index contributed by atoms with van der Waals surface area (Å²) in [6.07, 6.45) is 4.00. The summed E-state index contributed by atoms with van der Waals surface area (Å²) in [6.45, 7) is 0.473. The van der Waals surface area contributed by atoms with Gasteiger partial charge >= 0.3 is 6.01 Å². The van der Waals surface area contributed by atoms with Gasteiger partial charge in [0.1, 0.15) is 6.33 Å². The molecule has 1 aliphatic rings. The van der Waals surface area contributed by atoms with E-state index in [0.717, 1.165) is 30.2 Å². The van der Waals surface area contributed by atoms with Crippen LogP contribution in [0.25, 0.3) is 5.69 Å². The largest absolute Gasteiger partial charge is 0.330 e. The summed E-state index contributed by atoms with van der Waals surface area (Å²) in [7, 11) is 0. The first-order valence-electron chi connectivity index (χ1n) is 6.92. The number of hydrogen-bond acceptors (Lipinski definition) is 6. The topological polar surface area (TPSA) is 81.7 Å². The van der Waals surface area contributed by atoms with Crippen molar-refractivity contribution in [1.82, 2.24) is 24.9 Å². The van der Waals surface area contributed by atoms with Crippen LogP contribution in [0.3, 0.4) is 0 Å². The van der Waals surface area contributed by atoms with Crippen molar-refractivity contribution in [3.05, 3.63) is 48.3 Å². The van der Waals surface area contributed by atoms with Crippen molar-refractivity contribution >= 4 is 6.01 Å². The third-order valence-corrected chi connectivity index (χ3v) is 3.43. The second-order valence-corrected chi connectivity index (χ2v) is 5.04. The van der Waals surface area contributed by atoms with Crippen LogP contribution in [0.2, 0.25) is 0 Å². The molecule has 2 heterocycles. The number of hydrogen-bond donors (Lipinski definition) is 1. The first kappa shape index (κ1) is 12.1. The Kier molecular flexibility index (Phi) is 2.88. The van der Waals surface area contributed by atoms with Gasteiger partial charge in [-0.1, -0.05) is 23.4 Å². The smallest absolute Gasteiger partial charge is 0.321 e. The molecule has 2 aromatic heterocycles. The lowest BCUT2D eigenvalue weighted by molar-refractivity contribution is 0.422. The fourth-order valence-electron chi connectivity index (χ4n) is 2.15. The Morgan fingerprint density at radius 1 is 1.24 bits per heavy atom. The number of nitrogens with zero attached hydrogens (tertiary/aromatic N) is 5. The maximum atomic E-state index is 5.18. The summed E-state index contributed by atoms with van der Waals surface area (Å²) in [6, 6.07) is 10.4. The van der Waals surface area contributed by atoms with Crippen LogP contribution in [0.1, 0.15) is 30.4 Å². The van der Waals surface area contributed by atoms with Crippen LogP contribution >= 0.6 is 0 Å². The molecule has 0 bridgehead atoms. The molecular weight excluding hydrogens is 268 g/mol. The molecule has 0 atom stereocenters. The van der Waals surface area contributed by atoms with Gasteiger partial charge in [0.2, 0.25) is 0 Å². The average Bonchev–Trinajstić information content (AvgIpc) is 3.10. The fraction of sp³-hybridized carbons (Fsp3) is 0.286. The molecule has 0 spiro atoms. The van der Waals surface area contributed by atoms with E-state index in [4.69, 9.17) is 4.52 Å². The predicted octanol–water partition coefficient (Wildman–Crippen LogP) is 2.14. The summed E-state index contributed by atoms with van der Waals surface area (Å²) in [5.41, 5.74) is 1.02. The Labute approximate surface area is 121 Å². The number of para-hydroxylation sites is 1. The van der Waals surface area contributed by atoms with Crippen LogP contribution < -0.4 is 5.32 Å². The van der Waals surface area contributed by atoms with Gasteiger partial charge < -0.3 is 9.84 Å². The Morgan fingerprint density at radius 2 is 2.10 bits per heavy atom. The normalized spacial score (nSPS) is 14.3. The van der Waals surface area contributed by atoms with Gasteiger partial charge in [-0.3, -0.25) is 4.57 Å². The standard InChI is InChI=1S/C14H14N6O/c1-2-4-11(5-3-1)20-9-16-18-12(20)8-15-14-17-13(19-21-14)10-6-7-10/h1-5,9-10H,6-8H2,(H,15,17,19). The van der Waals surface area contributed by atoms with Gasteiger partial charge in [0.25, 0.3) is 0 Å². The van der Waals surface area contributed by atoms with Crippen molar-refractivity contribution in [2.75, 3.05) is 5.32 Å². The minimum atomic E-state index is 0.430. The molecule has 1 aliphatic carbocycles. The molecule has 1 saturated carbocycles. The predicted molar refractivity (Wildman–Crippen MR) is 75.0 cm³/mol. The van der Waals surface area contributed by atoms with Gasteiger partial charge in [-0.25, -0.2) is 0 Å². The van der Waals surface area contributed by atoms with Crippen molar-refractivity contribution < 1.29 is 4.52 Å². The Bertz CT molecular complexity index is 731. The highest BCUT2D eigenvalue weighted by molar-refractivity contribution is 5.32. The zero-order chi connectivity index (χ0) is 14.1. The van der Waals surface area contributed by atoms with Gasteiger partial charge in [-0.05, 0) is 25.0 Å². The van der Waals surface area contributed by atoms with E-state index in [0.29, 0.717) is 18.5 Å². The number of anilines is 1. The summed E-state index contributed by atoms with van der Waals surface area (Å²) in [4.78, 5) is 4.33. The maximum absolute atomic E-state index is 5.18. The van der Waals surface area contributed by atoms with Crippen LogP contribution in [-0.2, 0) is 6.54 Å². The molecule has 0 aliphatic heterocycles. The minimum absolute atomic E-state index is 0.430. The lowest BCUT2D eigenvalue weighted by Gasteiger charge is -2.05. The van der Waals surface area contributed by atoms with Gasteiger partial charge in [-0.15, -0.1) is 10.2 Å². The average molecular weight is 282 g/mol. The van der Waals surface area contributed by atoms with Crippen molar-refractivity contribution in [1.29, 1.82) is 0 Å². The number of nitrogens with one attached hydrogen (secondary N) is 1. The van der Waals surface area contributed by atoms with Crippen molar-refractivity contribution in [2.24, 2.45) is 0 Å². The zero-order valence-corrected chi connectivity index (χ0v) is 11.3. The van der Waals surface area contributed by atoms with E-state index in [2.05, 4.69) is 25.7 Å². The van der Waals surface area contributed by atoms with Gasteiger partial charge in [0, 0.05) is 11.6 Å². The SMILES string of the molecule is c1ccc(-n2cnnc2CNc2nc(C3CC3)no2)cc1. The van der Waals surface area contributed by atoms with E-state index in [9.17, 15) is 0 Å². The van der Waals surface area contributed by atoms with Gasteiger partial charge in [-0.2, -0.15) is 4.98 Å². The Hall–Kier alpha value is -2.70. The second-order valence-electron chi connectivity index (χ2n) is 5.04. The molecule has 1 fully saturated rings. The highest BCUT2D eigenvalue weighted by Crippen LogP contribution is 2.38. The second kappa shape index (κ2) is 5.01. The van der Waals surface area contributed by atoms with Crippen LogP contribution in [-0.4, -0.2) is 24.9 Å². The lowest BCUT2D eigenvalue weighted by atomic mass is 10.3. The van der Waals surface area contributed by atoms with Crippen LogP contribution in [0, 0.1) is 0 Å². The third kappa shape index (κ3) is 2.49. The maximum Gasteiger partial charge on any atom is 0.321 e. The number of aromatic nitrogens is 5. The van der Waals surface area contributed by atoms with Crippen LogP contribution in [0.4, 0.5) is 6.01 Å². The highest BCUT2D eigenvalue weighted by atomic mass is 16.5. The summed E-state index contributed by atoms with van der Waals surface area (Å²) in [5, 5.41) is 15.1.